The standard InChI is InChI=1S/C29H46NO6PS/c1-6-10-17-29(18-11-7-2)22-38(32,33)27-19-24(21-37(31,35-8-3)36-9-4)26(34-5)20-25(27)28(30-29)23-15-13-12-14-16-23/h12-16,19-20,28,30,32-33H,6-11,17-18,21-22H2,1-5H3. The number of benzene rings is 2. The fourth-order valence-corrected chi connectivity index (χ4v) is 9.30. The molecule has 0 bridgehead atoms. The van der Waals surface area contributed by atoms with E-state index in [0.29, 0.717) is 16.2 Å². The Morgan fingerprint density at radius 2 is 1.61 bits per heavy atom. The van der Waals surface area contributed by atoms with Crippen LogP contribution in [0.25, 0.3) is 0 Å². The molecule has 1 aliphatic rings. The van der Waals surface area contributed by atoms with E-state index in [-0.39, 0.29) is 31.2 Å². The summed E-state index contributed by atoms with van der Waals surface area (Å²) in [7, 11) is -5.08. The van der Waals surface area contributed by atoms with Gasteiger partial charge in [0.1, 0.15) is 5.75 Å². The topological polar surface area (TPSA) is 97.3 Å². The highest BCUT2D eigenvalue weighted by atomic mass is 32.3. The molecule has 7 nitrogen and oxygen atoms in total. The molecule has 0 aromatic heterocycles. The van der Waals surface area contributed by atoms with Gasteiger partial charge < -0.3 is 13.8 Å². The molecule has 2 aromatic carbocycles. The lowest BCUT2D eigenvalue weighted by Crippen LogP contribution is -2.50. The predicted octanol–water partition coefficient (Wildman–Crippen LogP) is 8.38. The zero-order valence-corrected chi connectivity index (χ0v) is 25.3. The van der Waals surface area contributed by atoms with Crippen molar-refractivity contribution in [2.45, 2.75) is 88.9 Å². The van der Waals surface area contributed by atoms with Crippen LogP contribution in [0.1, 0.15) is 89.0 Å². The number of methoxy groups -OCH3 is 1. The van der Waals surface area contributed by atoms with Crippen LogP contribution in [0.15, 0.2) is 47.4 Å². The second-order valence-electron chi connectivity index (χ2n) is 10.1. The van der Waals surface area contributed by atoms with Gasteiger partial charge in [0, 0.05) is 16.7 Å². The first-order valence-corrected chi connectivity index (χ1v) is 17.3. The van der Waals surface area contributed by atoms with E-state index in [1.54, 1.807) is 27.0 Å². The fourth-order valence-electron chi connectivity index (χ4n) is 5.41. The molecule has 38 heavy (non-hydrogen) atoms. The summed E-state index contributed by atoms with van der Waals surface area (Å²) in [4.78, 5) is 0.476. The fraction of sp³-hybridized carbons (Fsp3) is 0.586. The van der Waals surface area contributed by atoms with E-state index in [4.69, 9.17) is 13.8 Å². The largest absolute Gasteiger partial charge is 0.496 e. The van der Waals surface area contributed by atoms with Crippen LogP contribution >= 0.6 is 18.2 Å². The van der Waals surface area contributed by atoms with Crippen LogP contribution in [0.3, 0.4) is 0 Å². The lowest BCUT2D eigenvalue weighted by atomic mass is 9.86. The van der Waals surface area contributed by atoms with Gasteiger partial charge in [-0.2, -0.15) is 10.6 Å². The van der Waals surface area contributed by atoms with Crippen molar-refractivity contribution < 1.29 is 27.5 Å². The predicted molar refractivity (Wildman–Crippen MR) is 157 cm³/mol. The van der Waals surface area contributed by atoms with Gasteiger partial charge >= 0.3 is 7.60 Å². The third-order valence-electron chi connectivity index (χ3n) is 7.17. The molecule has 0 aliphatic carbocycles. The first kappa shape index (κ1) is 31.2. The molecule has 3 rings (SSSR count). The normalized spacial score (nSPS) is 19.4. The minimum absolute atomic E-state index is 0.0130. The minimum atomic E-state index is -3.45. The smallest absolute Gasteiger partial charge is 0.335 e. The van der Waals surface area contributed by atoms with Crippen LogP contribution in [-0.4, -0.2) is 40.7 Å². The number of unbranched alkanes of at least 4 members (excludes halogenated alkanes) is 2. The van der Waals surface area contributed by atoms with Crippen molar-refractivity contribution in [3.05, 3.63) is 59.2 Å². The Hall–Kier alpha value is -1.38. The number of hydrogen-bond donors (Lipinski definition) is 3. The van der Waals surface area contributed by atoms with Crippen LogP contribution in [-0.2, 0) is 19.8 Å². The Morgan fingerprint density at radius 3 is 2.13 bits per heavy atom. The van der Waals surface area contributed by atoms with Gasteiger partial charge in [0.25, 0.3) is 0 Å². The monoisotopic (exact) mass is 567 g/mol. The highest BCUT2D eigenvalue weighted by Gasteiger charge is 2.43. The Bertz CT molecular complexity index is 1060. The van der Waals surface area contributed by atoms with E-state index in [9.17, 15) is 13.7 Å². The molecule has 0 saturated heterocycles. The minimum Gasteiger partial charge on any atom is -0.496 e. The van der Waals surface area contributed by atoms with Crippen LogP contribution in [0.2, 0.25) is 0 Å². The number of nitrogens with one attached hydrogen (secondary N) is 1. The average Bonchev–Trinajstić information content (AvgIpc) is 2.98. The number of hydrogen-bond acceptors (Lipinski definition) is 7. The summed E-state index contributed by atoms with van der Waals surface area (Å²) in [6, 6.07) is 13.5. The third-order valence-corrected chi connectivity index (χ3v) is 11.2. The third kappa shape index (κ3) is 7.42. The Labute approximate surface area is 230 Å². The van der Waals surface area contributed by atoms with E-state index in [2.05, 4.69) is 31.3 Å². The van der Waals surface area contributed by atoms with Crippen LogP contribution < -0.4 is 10.1 Å². The summed E-state index contributed by atoms with van der Waals surface area (Å²) >= 11 is 0. The van der Waals surface area contributed by atoms with E-state index >= 15 is 0 Å². The molecule has 1 aliphatic heterocycles. The molecule has 214 valence electrons. The number of rotatable bonds is 14. The average molecular weight is 568 g/mol. The summed E-state index contributed by atoms with van der Waals surface area (Å²) in [5.74, 6) is 0.757. The van der Waals surface area contributed by atoms with E-state index in [0.717, 1.165) is 49.7 Å². The molecule has 0 radical (unpaired) electrons. The molecule has 0 fully saturated rings. The highest BCUT2D eigenvalue weighted by Crippen LogP contribution is 2.60. The molecular weight excluding hydrogens is 521 g/mol. The van der Waals surface area contributed by atoms with Gasteiger partial charge in [-0.05, 0) is 44.4 Å². The molecular formula is C29H46NO6PS. The highest BCUT2D eigenvalue weighted by molar-refractivity contribution is 8.24. The van der Waals surface area contributed by atoms with E-state index in [1.165, 1.54) is 0 Å². The molecule has 2 aromatic rings. The SMILES string of the molecule is CCCCC1(CCCC)CS(O)(O)c2cc(CP(=O)(OCC)OCC)c(OC)cc2C(c2ccccc2)N1. The summed E-state index contributed by atoms with van der Waals surface area (Å²) in [5, 5.41) is 3.93. The summed E-state index contributed by atoms with van der Waals surface area (Å²) < 4.78 is 54.0. The molecule has 0 spiro atoms. The molecule has 1 heterocycles. The number of fused-ring (bicyclic) bond motifs is 1. The van der Waals surface area contributed by atoms with Gasteiger partial charge in [0.15, 0.2) is 0 Å². The maximum absolute atomic E-state index is 13.4. The van der Waals surface area contributed by atoms with Crippen molar-refractivity contribution in [3.8, 4) is 5.75 Å². The zero-order chi connectivity index (χ0) is 27.8. The lowest BCUT2D eigenvalue weighted by Gasteiger charge is -2.42. The van der Waals surface area contributed by atoms with Crippen molar-refractivity contribution in [2.75, 3.05) is 26.1 Å². The van der Waals surface area contributed by atoms with E-state index < -0.39 is 23.7 Å². The summed E-state index contributed by atoms with van der Waals surface area (Å²) in [6.45, 7) is 8.38. The second kappa shape index (κ2) is 13.8. The first-order valence-electron chi connectivity index (χ1n) is 13.8. The maximum Gasteiger partial charge on any atom is 0.335 e. The van der Waals surface area contributed by atoms with E-state index in [1.807, 2.05) is 24.3 Å². The van der Waals surface area contributed by atoms with Crippen molar-refractivity contribution in [1.82, 2.24) is 5.32 Å². The lowest BCUT2D eigenvalue weighted by molar-refractivity contribution is 0.219. The van der Waals surface area contributed by atoms with Gasteiger partial charge in [-0.25, -0.2) is 0 Å². The summed E-state index contributed by atoms with van der Waals surface area (Å²) in [6.07, 6.45) is 5.73. The van der Waals surface area contributed by atoms with Crippen LogP contribution in [0.5, 0.6) is 5.75 Å². The first-order chi connectivity index (χ1) is 18.2. The van der Waals surface area contributed by atoms with Gasteiger partial charge in [0.2, 0.25) is 0 Å². The van der Waals surface area contributed by atoms with Crippen molar-refractivity contribution in [1.29, 1.82) is 0 Å². The zero-order valence-electron chi connectivity index (χ0n) is 23.6. The van der Waals surface area contributed by atoms with Crippen molar-refractivity contribution in [2.24, 2.45) is 0 Å². The Balaban J connectivity index is 2.23. The van der Waals surface area contributed by atoms with Gasteiger partial charge in [-0.3, -0.25) is 19.0 Å². The van der Waals surface area contributed by atoms with Crippen molar-refractivity contribution >= 4 is 18.2 Å². The molecule has 1 unspecified atom stereocenters. The molecule has 9 heteroatoms. The van der Waals surface area contributed by atoms with Crippen LogP contribution in [0.4, 0.5) is 0 Å². The molecule has 1 atom stereocenters. The van der Waals surface area contributed by atoms with Gasteiger partial charge in [-0.1, -0.05) is 69.9 Å². The molecule has 3 N–H and O–H groups in total. The summed E-state index contributed by atoms with van der Waals surface area (Å²) in [5.41, 5.74) is 1.96. The van der Waals surface area contributed by atoms with Crippen LogP contribution in [0, 0.1) is 0 Å². The van der Waals surface area contributed by atoms with Gasteiger partial charge in [-0.15, -0.1) is 0 Å². The Morgan fingerprint density at radius 1 is 1.00 bits per heavy atom. The van der Waals surface area contributed by atoms with Gasteiger partial charge in [0.05, 0.1) is 43.2 Å². The second-order valence-corrected chi connectivity index (χ2v) is 14.2. The molecule has 0 amide bonds. The maximum atomic E-state index is 13.4. The number of ether oxygens (including phenoxy) is 1. The Kier molecular flexibility index (Phi) is 11.3. The van der Waals surface area contributed by atoms with Crippen molar-refractivity contribution in [3.63, 3.8) is 0 Å². The molecule has 0 saturated carbocycles. The quantitative estimate of drug-likeness (QED) is 0.197.